The summed E-state index contributed by atoms with van der Waals surface area (Å²) in [5, 5.41) is 10.3. The Hall–Kier alpha value is -1.70. The SMILES string of the molecule is O=C(NCC1CN(C(=O)c2ccsc2)CCO1)c1ccsc1. The van der Waals surface area contributed by atoms with Crippen LogP contribution in [-0.4, -0.2) is 49.1 Å². The van der Waals surface area contributed by atoms with Gasteiger partial charge in [-0.15, -0.1) is 0 Å². The normalized spacial score (nSPS) is 18.2. The molecule has 1 aliphatic heterocycles. The highest BCUT2D eigenvalue weighted by molar-refractivity contribution is 7.08. The molecule has 1 atom stereocenters. The summed E-state index contributed by atoms with van der Waals surface area (Å²) in [6, 6.07) is 3.62. The van der Waals surface area contributed by atoms with Crippen molar-refractivity contribution in [3.05, 3.63) is 44.8 Å². The summed E-state index contributed by atoms with van der Waals surface area (Å²) in [6.07, 6.45) is -0.168. The van der Waals surface area contributed by atoms with Crippen molar-refractivity contribution in [1.29, 1.82) is 0 Å². The van der Waals surface area contributed by atoms with Crippen LogP contribution in [0, 0.1) is 0 Å². The first-order valence-corrected chi connectivity index (χ1v) is 8.86. The maximum Gasteiger partial charge on any atom is 0.254 e. The van der Waals surface area contributed by atoms with E-state index in [9.17, 15) is 9.59 Å². The number of carbonyl (C=O) groups is 2. The third-order valence-corrected chi connectivity index (χ3v) is 4.83. The van der Waals surface area contributed by atoms with Gasteiger partial charge in [-0.1, -0.05) is 0 Å². The molecule has 1 unspecified atom stereocenters. The number of hydrogen-bond donors (Lipinski definition) is 1. The van der Waals surface area contributed by atoms with Crippen molar-refractivity contribution in [2.75, 3.05) is 26.2 Å². The van der Waals surface area contributed by atoms with Crippen molar-refractivity contribution in [3.8, 4) is 0 Å². The lowest BCUT2D eigenvalue weighted by Crippen LogP contribution is -2.49. The predicted molar refractivity (Wildman–Crippen MR) is 86.6 cm³/mol. The minimum absolute atomic E-state index is 0.0266. The molecule has 3 heterocycles. The predicted octanol–water partition coefficient (Wildman–Crippen LogP) is 2.08. The Bertz CT molecular complexity index is 625. The maximum absolute atomic E-state index is 12.3. The third-order valence-electron chi connectivity index (χ3n) is 3.47. The molecular weight excluding hydrogens is 320 g/mol. The molecule has 3 rings (SSSR count). The van der Waals surface area contributed by atoms with E-state index in [2.05, 4.69) is 5.32 Å². The van der Waals surface area contributed by atoms with E-state index in [-0.39, 0.29) is 17.9 Å². The van der Waals surface area contributed by atoms with Gasteiger partial charge in [-0.05, 0) is 22.9 Å². The summed E-state index contributed by atoms with van der Waals surface area (Å²) >= 11 is 3.00. The van der Waals surface area contributed by atoms with E-state index >= 15 is 0 Å². The number of amides is 2. The molecule has 7 heteroatoms. The Kier molecular flexibility index (Phi) is 4.87. The lowest BCUT2D eigenvalue weighted by Gasteiger charge is -2.32. The quantitative estimate of drug-likeness (QED) is 0.930. The van der Waals surface area contributed by atoms with Gasteiger partial charge in [-0.25, -0.2) is 0 Å². The van der Waals surface area contributed by atoms with Crippen LogP contribution in [-0.2, 0) is 4.74 Å². The fourth-order valence-corrected chi connectivity index (χ4v) is 3.56. The second-order valence-corrected chi connectivity index (χ2v) is 6.54. The number of hydrogen-bond acceptors (Lipinski definition) is 5. The Balaban J connectivity index is 1.52. The van der Waals surface area contributed by atoms with Crippen molar-refractivity contribution >= 4 is 34.5 Å². The van der Waals surface area contributed by atoms with Gasteiger partial charge in [0.15, 0.2) is 0 Å². The van der Waals surface area contributed by atoms with E-state index in [0.29, 0.717) is 37.4 Å². The number of carbonyl (C=O) groups excluding carboxylic acids is 2. The molecule has 0 aliphatic carbocycles. The number of nitrogens with zero attached hydrogens (tertiary/aromatic N) is 1. The van der Waals surface area contributed by atoms with Crippen LogP contribution in [0.4, 0.5) is 0 Å². The summed E-state index contributed by atoms with van der Waals surface area (Å²) < 4.78 is 5.64. The molecule has 1 aliphatic rings. The highest BCUT2D eigenvalue weighted by Gasteiger charge is 2.25. The van der Waals surface area contributed by atoms with Crippen LogP contribution < -0.4 is 5.32 Å². The Morgan fingerprint density at radius 3 is 2.64 bits per heavy atom. The van der Waals surface area contributed by atoms with E-state index < -0.39 is 0 Å². The molecule has 2 aromatic rings. The number of nitrogens with one attached hydrogen (secondary N) is 1. The molecule has 0 radical (unpaired) electrons. The molecule has 0 aromatic carbocycles. The van der Waals surface area contributed by atoms with Gasteiger partial charge in [-0.2, -0.15) is 22.7 Å². The van der Waals surface area contributed by atoms with Crippen LogP contribution >= 0.6 is 22.7 Å². The lowest BCUT2D eigenvalue weighted by molar-refractivity contribution is -0.0197. The minimum Gasteiger partial charge on any atom is -0.373 e. The molecule has 1 fully saturated rings. The molecule has 0 spiro atoms. The zero-order valence-electron chi connectivity index (χ0n) is 11.9. The molecule has 1 N–H and O–H groups in total. The van der Waals surface area contributed by atoms with Crippen LogP contribution in [0.25, 0.3) is 0 Å². The topological polar surface area (TPSA) is 58.6 Å². The monoisotopic (exact) mass is 336 g/mol. The summed E-state index contributed by atoms with van der Waals surface area (Å²) in [6.45, 7) is 1.99. The molecular formula is C15H16N2O3S2. The van der Waals surface area contributed by atoms with Gasteiger partial charge in [-0.3, -0.25) is 9.59 Å². The van der Waals surface area contributed by atoms with E-state index in [1.807, 2.05) is 27.6 Å². The highest BCUT2D eigenvalue weighted by Crippen LogP contribution is 2.13. The first-order valence-electron chi connectivity index (χ1n) is 6.97. The first-order chi connectivity index (χ1) is 10.7. The van der Waals surface area contributed by atoms with Gasteiger partial charge < -0.3 is 15.0 Å². The van der Waals surface area contributed by atoms with E-state index in [1.54, 1.807) is 11.0 Å². The smallest absolute Gasteiger partial charge is 0.254 e. The maximum atomic E-state index is 12.3. The summed E-state index contributed by atoms with van der Waals surface area (Å²) in [7, 11) is 0. The molecule has 0 saturated carbocycles. The number of ether oxygens (including phenoxy) is 1. The van der Waals surface area contributed by atoms with E-state index in [4.69, 9.17) is 4.74 Å². The number of thiophene rings is 2. The fourth-order valence-electron chi connectivity index (χ4n) is 2.30. The Morgan fingerprint density at radius 1 is 1.23 bits per heavy atom. The molecule has 5 nitrogen and oxygen atoms in total. The van der Waals surface area contributed by atoms with Crippen molar-refractivity contribution in [2.45, 2.75) is 6.10 Å². The second-order valence-electron chi connectivity index (χ2n) is 4.98. The molecule has 116 valence electrons. The second kappa shape index (κ2) is 7.04. The third kappa shape index (κ3) is 3.55. The molecule has 2 aromatic heterocycles. The van der Waals surface area contributed by atoms with Crippen LogP contribution in [0.15, 0.2) is 33.7 Å². The van der Waals surface area contributed by atoms with Crippen LogP contribution in [0.2, 0.25) is 0 Å². The van der Waals surface area contributed by atoms with Crippen molar-refractivity contribution < 1.29 is 14.3 Å². The highest BCUT2D eigenvalue weighted by atomic mass is 32.1. The summed E-state index contributed by atoms with van der Waals surface area (Å²) in [4.78, 5) is 26.0. The van der Waals surface area contributed by atoms with Crippen LogP contribution in [0.1, 0.15) is 20.7 Å². The zero-order chi connectivity index (χ0) is 15.4. The average Bonchev–Trinajstić information content (AvgIpc) is 3.25. The van der Waals surface area contributed by atoms with Crippen molar-refractivity contribution in [3.63, 3.8) is 0 Å². The minimum atomic E-state index is -0.168. The van der Waals surface area contributed by atoms with E-state index in [0.717, 1.165) is 0 Å². The van der Waals surface area contributed by atoms with Gasteiger partial charge in [0.25, 0.3) is 11.8 Å². The van der Waals surface area contributed by atoms with E-state index in [1.165, 1.54) is 22.7 Å². The van der Waals surface area contributed by atoms with Crippen LogP contribution in [0.3, 0.4) is 0 Å². The first kappa shape index (κ1) is 15.2. The van der Waals surface area contributed by atoms with Gasteiger partial charge >= 0.3 is 0 Å². The Morgan fingerprint density at radius 2 is 1.95 bits per heavy atom. The fraction of sp³-hybridized carbons (Fsp3) is 0.333. The molecule has 2 amide bonds. The lowest BCUT2D eigenvalue weighted by atomic mass is 10.2. The molecule has 1 saturated heterocycles. The number of rotatable bonds is 4. The molecule has 0 bridgehead atoms. The standard InChI is InChI=1S/C15H16N2O3S2/c18-14(11-1-5-21-9-11)16-7-13-8-17(3-4-20-13)15(19)12-2-6-22-10-12/h1-2,5-6,9-10,13H,3-4,7-8H2,(H,16,18). The summed E-state index contributed by atoms with van der Waals surface area (Å²) in [5.74, 6) is -0.0788. The largest absolute Gasteiger partial charge is 0.373 e. The van der Waals surface area contributed by atoms with Gasteiger partial charge in [0.05, 0.1) is 18.3 Å². The average molecular weight is 336 g/mol. The number of morpholine rings is 1. The van der Waals surface area contributed by atoms with Gasteiger partial charge in [0, 0.05) is 36.0 Å². The van der Waals surface area contributed by atoms with Crippen LogP contribution in [0.5, 0.6) is 0 Å². The van der Waals surface area contributed by atoms with Gasteiger partial charge in [0.2, 0.25) is 0 Å². The van der Waals surface area contributed by atoms with Gasteiger partial charge in [0.1, 0.15) is 0 Å². The van der Waals surface area contributed by atoms with Crippen molar-refractivity contribution in [2.24, 2.45) is 0 Å². The zero-order valence-corrected chi connectivity index (χ0v) is 13.5. The van der Waals surface area contributed by atoms with Crippen molar-refractivity contribution in [1.82, 2.24) is 10.2 Å². The Labute approximate surface area is 136 Å². The summed E-state index contributed by atoms with van der Waals surface area (Å²) in [5.41, 5.74) is 1.37. The molecule has 22 heavy (non-hydrogen) atoms.